The second-order valence-electron chi connectivity index (χ2n) is 4.46. The quantitative estimate of drug-likeness (QED) is 0.890. The molecule has 0 saturated carbocycles. The third-order valence-electron chi connectivity index (χ3n) is 2.84. The number of carbonyl (C=O) groups is 1. The van der Waals surface area contributed by atoms with Gasteiger partial charge < -0.3 is 9.47 Å². The predicted octanol–water partition coefficient (Wildman–Crippen LogP) is 2.15. The molecule has 2 rings (SSSR count). The first-order valence-corrected chi connectivity index (χ1v) is 7.44. The fourth-order valence-corrected chi connectivity index (χ4v) is 2.92. The third-order valence-corrected chi connectivity index (χ3v) is 3.57. The highest BCUT2D eigenvalue weighted by Gasteiger charge is 2.14. The first kappa shape index (κ1) is 15.6. The van der Waals surface area contributed by atoms with Crippen LogP contribution in [0.5, 0.6) is 5.75 Å². The zero-order valence-electron chi connectivity index (χ0n) is 11.1. The Kier molecular flexibility index (Phi) is 5.65. The van der Waals surface area contributed by atoms with Gasteiger partial charge >= 0.3 is 0 Å². The van der Waals surface area contributed by atoms with Crippen LogP contribution in [-0.2, 0) is 9.53 Å². The van der Waals surface area contributed by atoms with Gasteiger partial charge in [0.15, 0.2) is 6.61 Å². The molecule has 0 aliphatic carbocycles. The molecule has 0 spiro atoms. The molecule has 1 aliphatic rings. The summed E-state index contributed by atoms with van der Waals surface area (Å²) in [5.41, 5.74) is 3.65. The first-order valence-electron chi connectivity index (χ1n) is 6.27. The summed E-state index contributed by atoms with van der Waals surface area (Å²) in [5, 5.41) is 2.31. The van der Waals surface area contributed by atoms with Crippen molar-refractivity contribution in [3.63, 3.8) is 0 Å². The SMILES string of the molecule is Cc1cc(Br)cc(Cl)c1OCC(=O)NN1CCOCC1. The van der Waals surface area contributed by atoms with Crippen molar-refractivity contribution < 1.29 is 14.3 Å². The molecule has 5 nitrogen and oxygen atoms in total. The Bertz CT molecular complexity index is 469. The number of aryl methyl sites for hydroxylation is 1. The minimum atomic E-state index is -0.203. The van der Waals surface area contributed by atoms with Gasteiger partial charge in [-0.25, -0.2) is 5.01 Å². The maximum Gasteiger partial charge on any atom is 0.272 e. The molecule has 1 fully saturated rings. The molecule has 1 saturated heterocycles. The maximum atomic E-state index is 11.8. The second-order valence-corrected chi connectivity index (χ2v) is 5.78. The number of rotatable bonds is 4. The van der Waals surface area contributed by atoms with E-state index in [1.165, 1.54) is 0 Å². The molecular formula is C13H16BrClN2O3. The fraction of sp³-hybridized carbons (Fsp3) is 0.462. The highest BCUT2D eigenvalue weighted by molar-refractivity contribution is 9.10. The monoisotopic (exact) mass is 362 g/mol. The molecule has 0 radical (unpaired) electrons. The first-order chi connectivity index (χ1) is 9.56. The number of nitrogens with one attached hydrogen (secondary N) is 1. The molecule has 20 heavy (non-hydrogen) atoms. The summed E-state index contributed by atoms with van der Waals surface area (Å²) in [6, 6.07) is 3.63. The number of morpholine rings is 1. The fourth-order valence-electron chi connectivity index (χ4n) is 1.89. The average Bonchev–Trinajstić information content (AvgIpc) is 2.38. The van der Waals surface area contributed by atoms with Crippen LogP contribution in [0.25, 0.3) is 0 Å². The van der Waals surface area contributed by atoms with Crippen molar-refractivity contribution in [2.24, 2.45) is 0 Å². The van der Waals surface area contributed by atoms with Crippen molar-refractivity contribution in [3.05, 3.63) is 27.2 Å². The summed E-state index contributed by atoms with van der Waals surface area (Å²) >= 11 is 9.45. The molecule has 1 aliphatic heterocycles. The molecule has 0 aromatic heterocycles. The van der Waals surface area contributed by atoms with E-state index < -0.39 is 0 Å². The lowest BCUT2D eigenvalue weighted by molar-refractivity contribution is -0.130. The Morgan fingerprint density at radius 1 is 1.50 bits per heavy atom. The van der Waals surface area contributed by atoms with Gasteiger partial charge in [0, 0.05) is 17.6 Å². The summed E-state index contributed by atoms with van der Waals surface area (Å²) in [6.07, 6.45) is 0. The van der Waals surface area contributed by atoms with Gasteiger partial charge in [-0.2, -0.15) is 0 Å². The summed E-state index contributed by atoms with van der Waals surface area (Å²) in [6.45, 7) is 4.43. The summed E-state index contributed by atoms with van der Waals surface area (Å²) in [5.74, 6) is 0.331. The number of benzene rings is 1. The Labute approximate surface area is 131 Å². The van der Waals surface area contributed by atoms with Crippen molar-refractivity contribution in [1.29, 1.82) is 0 Å². The molecule has 1 heterocycles. The molecule has 0 atom stereocenters. The highest BCUT2D eigenvalue weighted by Crippen LogP contribution is 2.31. The molecule has 110 valence electrons. The number of hydrogen-bond donors (Lipinski definition) is 1. The van der Waals surface area contributed by atoms with E-state index in [0.717, 1.165) is 10.0 Å². The number of hydrazine groups is 1. The van der Waals surface area contributed by atoms with Crippen molar-refractivity contribution >= 4 is 33.4 Å². The lowest BCUT2D eigenvalue weighted by Gasteiger charge is -2.26. The van der Waals surface area contributed by atoms with Crippen LogP contribution < -0.4 is 10.2 Å². The van der Waals surface area contributed by atoms with Gasteiger partial charge in [-0.1, -0.05) is 27.5 Å². The van der Waals surface area contributed by atoms with Gasteiger partial charge in [-0.3, -0.25) is 10.2 Å². The number of nitrogens with zero attached hydrogens (tertiary/aromatic N) is 1. The Hall–Kier alpha value is -0.820. The van der Waals surface area contributed by atoms with Crippen LogP contribution in [0.15, 0.2) is 16.6 Å². The zero-order valence-corrected chi connectivity index (χ0v) is 13.5. The molecular weight excluding hydrogens is 348 g/mol. The van der Waals surface area contributed by atoms with Gasteiger partial charge in [0.2, 0.25) is 0 Å². The van der Waals surface area contributed by atoms with E-state index in [4.69, 9.17) is 21.1 Å². The van der Waals surface area contributed by atoms with E-state index in [-0.39, 0.29) is 12.5 Å². The van der Waals surface area contributed by atoms with Gasteiger partial charge in [0.25, 0.3) is 5.91 Å². The van der Waals surface area contributed by atoms with Crippen molar-refractivity contribution in [3.8, 4) is 5.75 Å². The molecule has 1 aromatic rings. The lowest BCUT2D eigenvalue weighted by Crippen LogP contribution is -2.49. The number of hydrogen-bond acceptors (Lipinski definition) is 4. The van der Waals surface area contributed by atoms with Crippen LogP contribution in [-0.4, -0.2) is 43.8 Å². The Morgan fingerprint density at radius 3 is 2.85 bits per heavy atom. The smallest absolute Gasteiger partial charge is 0.272 e. The molecule has 7 heteroatoms. The van der Waals surface area contributed by atoms with Gasteiger partial charge in [-0.05, 0) is 24.6 Å². The molecule has 1 aromatic carbocycles. The number of halogens is 2. The van der Waals surface area contributed by atoms with Crippen molar-refractivity contribution in [2.45, 2.75) is 6.92 Å². The average molecular weight is 364 g/mol. The highest BCUT2D eigenvalue weighted by atomic mass is 79.9. The minimum absolute atomic E-state index is 0.0699. The molecule has 1 amide bonds. The Balaban J connectivity index is 1.87. The predicted molar refractivity (Wildman–Crippen MR) is 79.9 cm³/mol. The second kappa shape index (κ2) is 7.26. The van der Waals surface area contributed by atoms with Crippen LogP contribution in [0.3, 0.4) is 0 Å². The van der Waals surface area contributed by atoms with E-state index in [1.807, 2.05) is 18.0 Å². The van der Waals surface area contributed by atoms with E-state index >= 15 is 0 Å². The number of ether oxygens (including phenoxy) is 2. The van der Waals surface area contributed by atoms with Gasteiger partial charge in [0.1, 0.15) is 5.75 Å². The normalized spacial score (nSPS) is 15.9. The summed E-state index contributed by atoms with van der Waals surface area (Å²) in [7, 11) is 0. The molecule has 0 unspecified atom stereocenters. The van der Waals surface area contributed by atoms with E-state index in [0.29, 0.717) is 37.1 Å². The van der Waals surface area contributed by atoms with Crippen LogP contribution in [0.4, 0.5) is 0 Å². The van der Waals surface area contributed by atoms with E-state index in [9.17, 15) is 4.79 Å². The Morgan fingerprint density at radius 2 is 2.20 bits per heavy atom. The van der Waals surface area contributed by atoms with E-state index in [2.05, 4.69) is 21.4 Å². The van der Waals surface area contributed by atoms with Gasteiger partial charge in [-0.15, -0.1) is 0 Å². The maximum absolute atomic E-state index is 11.8. The number of amides is 1. The molecule has 0 bridgehead atoms. The minimum Gasteiger partial charge on any atom is -0.482 e. The van der Waals surface area contributed by atoms with Crippen LogP contribution >= 0.6 is 27.5 Å². The summed E-state index contributed by atoms with van der Waals surface area (Å²) in [4.78, 5) is 11.8. The lowest BCUT2D eigenvalue weighted by atomic mass is 10.2. The van der Waals surface area contributed by atoms with Crippen LogP contribution in [0.1, 0.15) is 5.56 Å². The summed E-state index contributed by atoms with van der Waals surface area (Å²) < 4.78 is 11.6. The number of carbonyl (C=O) groups excluding carboxylic acids is 1. The third kappa shape index (κ3) is 4.34. The molecule has 1 N–H and O–H groups in total. The standard InChI is InChI=1S/C13H16BrClN2O3/c1-9-6-10(14)7-11(15)13(9)20-8-12(18)16-17-2-4-19-5-3-17/h6-7H,2-5,8H2,1H3,(H,16,18). The van der Waals surface area contributed by atoms with Crippen molar-refractivity contribution in [2.75, 3.05) is 32.9 Å². The van der Waals surface area contributed by atoms with Crippen molar-refractivity contribution in [1.82, 2.24) is 10.4 Å². The zero-order chi connectivity index (χ0) is 14.5. The van der Waals surface area contributed by atoms with E-state index in [1.54, 1.807) is 6.07 Å². The van der Waals surface area contributed by atoms with Gasteiger partial charge in [0.05, 0.1) is 18.2 Å². The largest absolute Gasteiger partial charge is 0.482 e. The topological polar surface area (TPSA) is 50.8 Å². The van der Waals surface area contributed by atoms with Crippen LogP contribution in [0, 0.1) is 6.92 Å². The van der Waals surface area contributed by atoms with Crippen LogP contribution in [0.2, 0.25) is 5.02 Å².